The smallest absolute Gasteiger partial charge is 0.228 e. The number of hydrogen-bond donors (Lipinski definition) is 1. The molecule has 22 heavy (non-hydrogen) atoms. The predicted molar refractivity (Wildman–Crippen MR) is 89.2 cm³/mol. The van der Waals surface area contributed by atoms with Crippen molar-refractivity contribution < 1.29 is 4.79 Å². The summed E-state index contributed by atoms with van der Waals surface area (Å²) in [5, 5.41) is 2.90. The number of aromatic nitrogens is 1. The largest absolute Gasteiger partial charge is 0.357 e. The SMILES string of the molecule is Cc1ccc(CC(=O)Nc2ccc(N3CCCC3)nc2)cc1. The van der Waals surface area contributed by atoms with Gasteiger partial charge in [-0.3, -0.25) is 4.79 Å². The number of carbonyl (C=O) groups is 1. The molecule has 3 rings (SSSR count). The molecule has 2 aromatic rings. The second-order valence-electron chi connectivity index (χ2n) is 5.81. The summed E-state index contributed by atoms with van der Waals surface area (Å²) < 4.78 is 0. The molecule has 4 nitrogen and oxygen atoms in total. The second-order valence-corrected chi connectivity index (χ2v) is 5.81. The van der Waals surface area contributed by atoms with Crippen molar-refractivity contribution in [3.63, 3.8) is 0 Å². The molecule has 0 spiro atoms. The molecule has 1 amide bonds. The monoisotopic (exact) mass is 295 g/mol. The number of amides is 1. The van der Waals surface area contributed by atoms with E-state index >= 15 is 0 Å². The third-order valence-corrected chi connectivity index (χ3v) is 3.95. The summed E-state index contributed by atoms with van der Waals surface area (Å²) >= 11 is 0. The van der Waals surface area contributed by atoms with Crippen molar-refractivity contribution in [3.8, 4) is 0 Å². The summed E-state index contributed by atoms with van der Waals surface area (Å²) in [4.78, 5) is 18.8. The Morgan fingerprint density at radius 1 is 1.14 bits per heavy atom. The van der Waals surface area contributed by atoms with Crippen LogP contribution in [-0.4, -0.2) is 24.0 Å². The van der Waals surface area contributed by atoms with Crippen LogP contribution in [0.1, 0.15) is 24.0 Å². The lowest BCUT2D eigenvalue weighted by molar-refractivity contribution is -0.115. The van der Waals surface area contributed by atoms with Crippen LogP contribution in [0.4, 0.5) is 11.5 Å². The van der Waals surface area contributed by atoms with Gasteiger partial charge in [0, 0.05) is 13.1 Å². The van der Waals surface area contributed by atoms with Crippen LogP contribution in [0.25, 0.3) is 0 Å². The Kier molecular flexibility index (Phi) is 4.37. The first kappa shape index (κ1) is 14.6. The van der Waals surface area contributed by atoms with E-state index in [2.05, 4.69) is 15.2 Å². The third-order valence-electron chi connectivity index (χ3n) is 3.95. The fourth-order valence-electron chi connectivity index (χ4n) is 2.69. The van der Waals surface area contributed by atoms with Crippen molar-refractivity contribution in [2.45, 2.75) is 26.2 Å². The predicted octanol–water partition coefficient (Wildman–Crippen LogP) is 3.17. The average Bonchev–Trinajstić information content (AvgIpc) is 3.05. The number of benzene rings is 1. The molecular weight excluding hydrogens is 274 g/mol. The number of anilines is 2. The van der Waals surface area contributed by atoms with Gasteiger partial charge < -0.3 is 10.2 Å². The first-order valence-corrected chi connectivity index (χ1v) is 7.77. The molecule has 4 heteroatoms. The van der Waals surface area contributed by atoms with Gasteiger partial charge in [-0.25, -0.2) is 4.98 Å². The summed E-state index contributed by atoms with van der Waals surface area (Å²) in [6, 6.07) is 11.9. The Morgan fingerprint density at radius 2 is 1.86 bits per heavy atom. The molecule has 0 atom stereocenters. The van der Waals surface area contributed by atoms with Crippen LogP contribution < -0.4 is 10.2 Å². The zero-order chi connectivity index (χ0) is 15.4. The highest BCUT2D eigenvalue weighted by atomic mass is 16.1. The molecule has 0 bridgehead atoms. The number of nitrogens with zero attached hydrogens (tertiary/aromatic N) is 2. The maximum Gasteiger partial charge on any atom is 0.228 e. The standard InChI is InChI=1S/C18H21N3O/c1-14-4-6-15(7-5-14)12-18(22)20-16-8-9-17(19-13-16)21-10-2-3-11-21/h4-9,13H,2-3,10-12H2,1H3,(H,20,22). The van der Waals surface area contributed by atoms with Crippen molar-refractivity contribution in [2.75, 3.05) is 23.3 Å². The highest BCUT2D eigenvalue weighted by Crippen LogP contribution is 2.19. The Morgan fingerprint density at radius 3 is 2.50 bits per heavy atom. The van der Waals surface area contributed by atoms with Gasteiger partial charge in [0.2, 0.25) is 5.91 Å². The third kappa shape index (κ3) is 3.64. The van der Waals surface area contributed by atoms with Gasteiger partial charge in [-0.1, -0.05) is 29.8 Å². The molecule has 1 aliphatic rings. The lowest BCUT2D eigenvalue weighted by Crippen LogP contribution is -2.19. The van der Waals surface area contributed by atoms with Crippen molar-refractivity contribution >= 4 is 17.4 Å². The minimum atomic E-state index is -0.0143. The van der Waals surface area contributed by atoms with Crippen molar-refractivity contribution in [2.24, 2.45) is 0 Å². The van der Waals surface area contributed by atoms with Crippen LogP contribution >= 0.6 is 0 Å². The summed E-state index contributed by atoms with van der Waals surface area (Å²) in [7, 11) is 0. The molecule has 1 aromatic carbocycles. The fourth-order valence-corrected chi connectivity index (χ4v) is 2.69. The lowest BCUT2D eigenvalue weighted by Gasteiger charge is -2.16. The summed E-state index contributed by atoms with van der Waals surface area (Å²) in [6.07, 6.45) is 4.59. The fraction of sp³-hybridized carbons (Fsp3) is 0.333. The number of aryl methyl sites for hydroxylation is 1. The van der Waals surface area contributed by atoms with E-state index in [4.69, 9.17) is 0 Å². The Hall–Kier alpha value is -2.36. The van der Waals surface area contributed by atoms with E-state index in [9.17, 15) is 4.79 Å². The lowest BCUT2D eigenvalue weighted by atomic mass is 10.1. The average molecular weight is 295 g/mol. The van der Waals surface area contributed by atoms with Crippen molar-refractivity contribution in [1.82, 2.24) is 4.98 Å². The van der Waals surface area contributed by atoms with Gasteiger partial charge in [-0.05, 0) is 37.5 Å². The van der Waals surface area contributed by atoms with Gasteiger partial charge in [0.05, 0.1) is 18.3 Å². The first-order valence-electron chi connectivity index (χ1n) is 7.77. The van der Waals surface area contributed by atoms with Crippen LogP contribution in [0.2, 0.25) is 0 Å². The topological polar surface area (TPSA) is 45.2 Å². The van der Waals surface area contributed by atoms with E-state index in [1.807, 2.05) is 43.3 Å². The molecule has 1 saturated heterocycles. The number of hydrogen-bond acceptors (Lipinski definition) is 3. The summed E-state index contributed by atoms with van der Waals surface area (Å²) in [6.45, 7) is 4.19. The van der Waals surface area contributed by atoms with E-state index in [0.29, 0.717) is 6.42 Å². The molecular formula is C18H21N3O. The molecule has 1 fully saturated rings. The van der Waals surface area contributed by atoms with Crippen LogP contribution in [0.5, 0.6) is 0 Å². The quantitative estimate of drug-likeness (QED) is 0.942. The summed E-state index contributed by atoms with van der Waals surface area (Å²) in [5.41, 5.74) is 2.97. The van der Waals surface area contributed by atoms with Gasteiger partial charge in [0.25, 0.3) is 0 Å². The van der Waals surface area contributed by atoms with E-state index in [-0.39, 0.29) is 5.91 Å². The Labute approximate surface area is 131 Å². The Bertz CT molecular complexity index is 628. The number of pyridine rings is 1. The normalized spacial score (nSPS) is 14.1. The molecule has 2 heterocycles. The second kappa shape index (κ2) is 6.60. The minimum absolute atomic E-state index is 0.0143. The Balaban J connectivity index is 1.57. The molecule has 0 unspecified atom stereocenters. The van der Waals surface area contributed by atoms with Crippen molar-refractivity contribution in [3.05, 3.63) is 53.7 Å². The summed E-state index contributed by atoms with van der Waals surface area (Å²) in [5.74, 6) is 0.980. The molecule has 1 N–H and O–H groups in total. The van der Waals surface area contributed by atoms with Gasteiger partial charge >= 0.3 is 0 Å². The van der Waals surface area contributed by atoms with Crippen LogP contribution in [0.15, 0.2) is 42.6 Å². The minimum Gasteiger partial charge on any atom is -0.357 e. The molecule has 114 valence electrons. The maximum atomic E-state index is 12.1. The number of carbonyl (C=O) groups excluding carboxylic acids is 1. The molecule has 0 radical (unpaired) electrons. The number of rotatable bonds is 4. The molecule has 1 aromatic heterocycles. The van der Waals surface area contributed by atoms with Crippen LogP contribution in [0.3, 0.4) is 0 Å². The highest BCUT2D eigenvalue weighted by molar-refractivity contribution is 5.92. The zero-order valence-electron chi connectivity index (χ0n) is 12.9. The van der Waals surface area contributed by atoms with Gasteiger partial charge in [0.15, 0.2) is 0 Å². The molecule has 0 aliphatic carbocycles. The van der Waals surface area contributed by atoms with E-state index in [1.165, 1.54) is 18.4 Å². The van der Waals surface area contributed by atoms with E-state index < -0.39 is 0 Å². The highest BCUT2D eigenvalue weighted by Gasteiger charge is 2.13. The first-order chi connectivity index (χ1) is 10.7. The number of nitrogens with one attached hydrogen (secondary N) is 1. The van der Waals surface area contributed by atoms with Gasteiger partial charge in [-0.15, -0.1) is 0 Å². The van der Waals surface area contributed by atoms with Gasteiger partial charge in [-0.2, -0.15) is 0 Å². The zero-order valence-corrected chi connectivity index (χ0v) is 12.9. The molecule has 1 aliphatic heterocycles. The van der Waals surface area contributed by atoms with Crippen LogP contribution in [0, 0.1) is 6.92 Å². The molecule has 0 saturated carbocycles. The van der Waals surface area contributed by atoms with E-state index in [1.54, 1.807) is 6.20 Å². The van der Waals surface area contributed by atoms with E-state index in [0.717, 1.165) is 30.2 Å². The maximum absolute atomic E-state index is 12.1. The van der Waals surface area contributed by atoms with Crippen LogP contribution in [-0.2, 0) is 11.2 Å². The van der Waals surface area contributed by atoms with Gasteiger partial charge in [0.1, 0.15) is 5.82 Å². The van der Waals surface area contributed by atoms with Crippen molar-refractivity contribution in [1.29, 1.82) is 0 Å².